The summed E-state index contributed by atoms with van der Waals surface area (Å²) in [5, 5.41) is 0. The van der Waals surface area contributed by atoms with Crippen LogP contribution < -0.4 is 51.4 Å². The van der Waals surface area contributed by atoms with Gasteiger partial charge in [-0.05, 0) is 24.2 Å². The van der Waals surface area contributed by atoms with Crippen molar-refractivity contribution >= 4 is 18.7 Å². The van der Waals surface area contributed by atoms with Crippen molar-refractivity contribution in [2.45, 2.75) is 11.8 Å². The molecule has 0 atom stereocenters. The van der Waals surface area contributed by atoms with Crippen molar-refractivity contribution in [1.29, 1.82) is 0 Å². The van der Waals surface area contributed by atoms with Crippen molar-refractivity contribution in [2.75, 3.05) is 5.65 Å². The van der Waals surface area contributed by atoms with Gasteiger partial charge in [0.25, 0.3) is 0 Å². The summed E-state index contributed by atoms with van der Waals surface area (Å²) in [4.78, 5) is 0.710. The molecule has 0 aliphatic carbocycles. The molecule has 0 bridgehead atoms. The van der Waals surface area contributed by atoms with Gasteiger partial charge in [-0.3, -0.25) is 0 Å². The van der Waals surface area contributed by atoms with E-state index in [2.05, 4.69) is 0 Å². The van der Waals surface area contributed by atoms with Crippen LogP contribution in [0.5, 0.6) is 0 Å². The number of benzene rings is 1. The third kappa shape index (κ3) is 5.82. The molecule has 72 valence electrons. The van der Waals surface area contributed by atoms with Crippen molar-refractivity contribution in [3.63, 3.8) is 0 Å². The van der Waals surface area contributed by atoms with Crippen LogP contribution in [0.4, 0.5) is 12.9 Å². The standard InChI is InChI=1S/C8H9BF3S.K/c1-7-4-2-3-5-8(7)13-6-9(10,11)12;/h2-5H,6H2,1H3;/q-1;+1. The second kappa shape index (κ2) is 6.60. The summed E-state index contributed by atoms with van der Waals surface area (Å²) in [7, 11) is 0. The number of thioether (sulfide) groups is 1. The van der Waals surface area contributed by atoms with Gasteiger partial charge in [0, 0.05) is 4.90 Å². The van der Waals surface area contributed by atoms with Gasteiger partial charge in [-0.25, -0.2) is 0 Å². The predicted octanol–water partition coefficient (Wildman–Crippen LogP) is 0.478. The average Bonchev–Trinajstić information content (AvgIpc) is 2.01. The Hall–Kier alpha value is 1.06. The number of hydrogen-bond acceptors (Lipinski definition) is 1. The summed E-state index contributed by atoms with van der Waals surface area (Å²) in [6.45, 7) is -2.87. The van der Waals surface area contributed by atoms with Crippen molar-refractivity contribution in [1.82, 2.24) is 0 Å². The Bertz CT molecular complexity index is 290. The summed E-state index contributed by atoms with van der Waals surface area (Å²) in [5.41, 5.74) is 0.137. The van der Waals surface area contributed by atoms with Gasteiger partial charge in [0.15, 0.2) is 0 Å². The minimum absolute atomic E-state index is 0. The summed E-state index contributed by atoms with van der Waals surface area (Å²) in [6.07, 6.45) is 0. The number of rotatable bonds is 3. The van der Waals surface area contributed by atoms with E-state index in [1.807, 2.05) is 19.1 Å². The first-order valence-corrected chi connectivity index (χ1v) is 4.87. The van der Waals surface area contributed by atoms with Gasteiger partial charge in [-0.2, -0.15) is 11.8 Å². The molecule has 1 rings (SSSR count). The third-order valence-electron chi connectivity index (χ3n) is 1.52. The minimum Gasteiger partial charge on any atom is -0.448 e. The zero-order valence-electron chi connectivity index (χ0n) is 8.14. The molecular formula is C8H9BF3KS. The van der Waals surface area contributed by atoms with Crippen LogP contribution in [0.25, 0.3) is 0 Å². The molecule has 0 radical (unpaired) electrons. The summed E-state index contributed by atoms with van der Waals surface area (Å²) in [5.74, 6) is 0. The van der Waals surface area contributed by atoms with Crippen molar-refractivity contribution in [3.05, 3.63) is 29.8 Å². The Morgan fingerprint density at radius 1 is 1.21 bits per heavy atom. The number of hydrogen-bond donors (Lipinski definition) is 0. The quantitative estimate of drug-likeness (QED) is 0.550. The van der Waals surface area contributed by atoms with Crippen LogP contribution >= 0.6 is 11.8 Å². The maximum absolute atomic E-state index is 11.9. The van der Waals surface area contributed by atoms with Crippen LogP contribution in [0.3, 0.4) is 0 Å². The first kappa shape index (κ1) is 15.1. The first-order valence-electron chi connectivity index (χ1n) is 3.88. The largest absolute Gasteiger partial charge is 1.00 e. The summed E-state index contributed by atoms with van der Waals surface area (Å²) in [6, 6.07) is 7.09. The van der Waals surface area contributed by atoms with E-state index in [9.17, 15) is 12.9 Å². The molecule has 14 heavy (non-hydrogen) atoms. The fourth-order valence-electron chi connectivity index (χ4n) is 0.903. The van der Waals surface area contributed by atoms with Gasteiger partial charge < -0.3 is 12.9 Å². The maximum atomic E-state index is 11.9. The molecule has 1 aromatic carbocycles. The molecule has 6 heteroatoms. The van der Waals surface area contributed by atoms with Gasteiger partial charge in [0.2, 0.25) is 0 Å². The minimum atomic E-state index is -4.68. The van der Waals surface area contributed by atoms with Crippen molar-refractivity contribution in [2.24, 2.45) is 0 Å². The van der Waals surface area contributed by atoms with E-state index >= 15 is 0 Å². The summed E-state index contributed by atoms with van der Waals surface area (Å²) < 4.78 is 35.7. The van der Waals surface area contributed by atoms with Gasteiger partial charge in [-0.15, -0.1) is 0 Å². The second-order valence-electron chi connectivity index (χ2n) is 2.79. The second-order valence-corrected chi connectivity index (χ2v) is 3.85. The van der Waals surface area contributed by atoms with E-state index in [0.717, 1.165) is 17.3 Å². The number of aryl methyl sites for hydroxylation is 1. The summed E-state index contributed by atoms with van der Waals surface area (Å²) >= 11 is 0.857. The van der Waals surface area contributed by atoms with E-state index in [1.165, 1.54) is 0 Å². The molecule has 0 spiro atoms. The average molecular weight is 244 g/mol. The predicted molar refractivity (Wildman–Crippen MR) is 51.0 cm³/mol. The van der Waals surface area contributed by atoms with Crippen LogP contribution in [0.1, 0.15) is 5.56 Å². The zero-order chi connectivity index (χ0) is 9.90. The molecular weight excluding hydrogens is 235 g/mol. The fourth-order valence-corrected chi connectivity index (χ4v) is 1.74. The Labute approximate surface area is 129 Å². The third-order valence-corrected chi connectivity index (χ3v) is 2.84. The van der Waals surface area contributed by atoms with Crippen molar-refractivity contribution < 1.29 is 64.3 Å². The van der Waals surface area contributed by atoms with E-state index in [-0.39, 0.29) is 51.4 Å². The van der Waals surface area contributed by atoms with E-state index in [1.54, 1.807) is 12.1 Å². The van der Waals surface area contributed by atoms with Crippen LogP contribution in [0.2, 0.25) is 0 Å². The molecule has 0 N–H and O–H groups in total. The Kier molecular flexibility index (Phi) is 7.10. The molecule has 0 aliphatic heterocycles. The molecule has 0 saturated heterocycles. The fraction of sp³-hybridized carbons (Fsp3) is 0.250. The maximum Gasteiger partial charge on any atom is 1.00 e. The molecule has 0 nitrogen and oxygen atoms in total. The van der Waals surface area contributed by atoms with Crippen LogP contribution in [0.15, 0.2) is 29.2 Å². The van der Waals surface area contributed by atoms with Gasteiger partial charge in [0.1, 0.15) is 0 Å². The topological polar surface area (TPSA) is 0 Å². The zero-order valence-corrected chi connectivity index (χ0v) is 12.1. The van der Waals surface area contributed by atoms with E-state index < -0.39 is 12.6 Å². The first-order chi connectivity index (χ1) is 5.99. The molecule has 0 saturated carbocycles. The molecule has 0 aliphatic rings. The van der Waals surface area contributed by atoms with Gasteiger partial charge in [0.05, 0.1) is 0 Å². The van der Waals surface area contributed by atoms with Crippen molar-refractivity contribution in [3.8, 4) is 0 Å². The Morgan fingerprint density at radius 2 is 1.79 bits per heavy atom. The smallest absolute Gasteiger partial charge is 0.448 e. The van der Waals surface area contributed by atoms with E-state index in [0.29, 0.717) is 4.90 Å². The SMILES string of the molecule is Cc1ccccc1SC[B-](F)(F)F.[K+]. The van der Waals surface area contributed by atoms with Crippen LogP contribution in [0, 0.1) is 6.92 Å². The Morgan fingerprint density at radius 3 is 2.29 bits per heavy atom. The molecule has 0 amide bonds. The van der Waals surface area contributed by atoms with Gasteiger partial charge >= 0.3 is 58.4 Å². The monoisotopic (exact) mass is 244 g/mol. The van der Waals surface area contributed by atoms with Crippen LogP contribution in [-0.2, 0) is 0 Å². The molecule has 0 unspecified atom stereocenters. The molecule has 0 heterocycles. The Balaban J connectivity index is 0.00000169. The normalized spacial score (nSPS) is 10.9. The molecule has 0 fully saturated rings. The van der Waals surface area contributed by atoms with Crippen LogP contribution in [-0.4, -0.2) is 12.6 Å². The molecule has 1 aromatic rings. The van der Waals surface area contributed by atoms with E-state index in [4.69, 9.17) is 0 Å². The molecule has 0 aromatic heterocycles. The number of halogens is 3. The van der Waals surface area contributed by atoms with Gasteiger partial charge in [-0.1, -0.05) is 18.2 Å².